The van der Waals surface area contributed by atoms with Crippen molar-refractivity contribution in [1.82, 2.24) is 5.32 Å². The fourth-order valence-corrected chi connectivity index (χ4v) is 1.31. The third-order valence-electron chi connectivity index (χ3n) is 0.837. The van der Waals surface area contributed by atoms with Crippen molar-refractivity contribution in [1.29, 1.82) is 0 Å². The van der Waals surface area contributed by atoms with Crippen LogP contribution in [0.5, 0.6) is 0 Å². The van der Waals surface area contributed by atoms with E-state index in [4.69, 9.17) is 0 Å². The lowest BCUT2D eigenvalue weighted by Gasteiger charge is -2.02. The van der Waals surface area contributed by atoms with Crippen molar-refractivity contribution < 1.29 is 9.53 Å². The Morgan fingerprint density at radius 2 is 2.75 bits per heavy atom. The van der Waals surface area contributed by atoms with Crippen molar-refractivity contribution in [2.24, 2.45) is 0 Å². The van der Waals surface area contributed by atoms with Gasteiger partial charge in [-0.25, -0.2) is 4.79 Å². The van der Waals surface area contributed by atoms with Gasteiger partial charge in [-0.05, 0) is 0 Å². The number of hydrogen-bond donors (Lipinski definition) is 1. The Labute approximate surface area is 51.8 Å². The van der Waals surface area contributed by atoms with Crippen LogP contribution in [0.1, 0.15) is 0 Å². The molecule has 1 fully saturated rings. The molecule has 1 unspecified atom stereocenters. The number of rotatable bonds is 2. The highest BCUT2D eigenvalue weighted by atomic mass is 32.2. The van der Waals surface area contributed by atoms with Gasteiger partial charge in [0.15, 0.2) is 0 Å². The molecule has 0 amide bonds. The van der Waals surface area contributed by atoms with Crippen LogP contribution in [0.25, 0.3) is 0 Å². The highest BCUT2D eigenvalue weighted by molar-refractivity contribution is 8.00. The monoisotopic (exact) mass is 132 g/mol. The van der Waals surface area contributed by atoms with Crippen LogP contribution in [0.2, 0.25) is 0 Å². The van der Waals surface area contributed by atoms with Gasteiger partial charge >= 0.3 is 6.47 Å². The minimum atomic E-state index is -0.146. The van der Waals surface area contributed by atoms with Gasteiger partial charge in [0.25, 0.3) is 0 Å². The first-order valence-electron chi connectivity index (χ1n) is 2.31. The molecular weight excluding hydrogens is 126 g/mol. The van der Waals surface area contributed by atoms with Crippen molar-refractivity contribution in [3.8, 4) is 0 Å². The lowest BCUT2D eigenvalue weighted by atomic mass is 10.8. The van der Waals surface area contributed by atoms with Crippen LogP contribution in [-0.4, -0.2) is 24.3 Å². The second-order valence-electron chi connectivity index (χ2n) is 1.36. The van der Waals surface area contributed by atoms with Crippen molar-refractivity contribution in [2.45, 2.75) is 5.56 Å². The molecule has 0 bridgehead atoms. The van der Waals surface area contributed by atoms with Crippen LogP contribution in [0.15, 0.2) is 0 Å². The van der Waals surface area contributed by atoms with Gasteiger partial charge in [0.2, 0.25) is 5.56 Å². The first kappa shape index (κ1) is 5.91. The summed E-state index contributed by atoms with van der Waals surface area (Å²) in [6.45, 7) is 2.29. The third kappa shape index (κ3) is 1.38. The molecule has 1 atom stereocenters. The number of nitrogens with one attached hydrogen (secondary N) is 1. The maximum absolute atomic E-state index is 9.56. The number of hydrogen-bond acceptors (Lipinski definition) is 4. The first-order chi connectivity index (χ1) is 3.93. The predicted molar refractivity (Wildman–Crippen MR) is 31.0 cm³/mol. The topological polar surface area (TPSA) is 38.3 Å². The normalized spacial score (nSPS) is 27.8. The molecule has 1 saturated heterocycles. The van der Waals surface area contributed by atoms with E-state index in [2.05, 4.69) is 10.1 Å². The molecule has 1 N–H and O–H groups in total. The van der Waals surface area contributed by atoms with Crippen molar-refractivity contribution >= 4 is 18.2 Å². The summed E-state index contributed by atoms with van der Waals surface area (Å²) in [5.74, 6) is 1.01. The van der Waals surface area contributed by atoms with E-state index >= 15 is 0 Å². The van der Waals surface area contributed by atoms with Gasteiger partial charge in [0.05, 0.1) is 0 Å². The molecule has 0 aliphatic carbocycles. The van der Waals surface area contributed by atoms with Gasteiger partial charge in [0.1, 0.15) is 0 Å². The van der Waals surface area contributed by atoms with Gasteiger partial charge < -0.3 is 4.74 Å². The molecule has 1 aliphatic heterocycles. The molecule has 3 nitrogen and oxygen atoms in total. The van der Waals surface area contributed by atoms with Gasteiger partial charge in [0, 0.05) is 12.3 Å². The minimum Gasteiger partial charge on any atom is -0.429 e. The average molecular weight is 132 g/mol. The van der Waals surface area contributed by atoms with Crippen LogP contribution < -0.4 is 5.32 Å². The maximum Gasteiger partial charge on any atom is 0.419 e. The quantitative estimate of drug-likeness (QED) is 0.559. The van der Waals surface area contributed by atoms with E-state index in [9.17, 15) is 4.79 Å². The zero-order chi connectivity index (χ0) is 5.82. The molecule has 0 spiro atoms. The fourth-order valence-electron chi connectivity index (χ4n) is 0.521. The zero-order valence-electron chi connectivity index (χ0n) is 4.22. The predicted octanol–water partition coefficient (Wildman–Crippen LogP) is -0.310. The van der Waals surface area contributed by atoms with Crippen LogP contribution in [0, 0.1) is 0 Å². The van der Waals surface area contributed by atoms with Crippen molar-refractivity contribution in [3.05, 3.63) is 0 Å². The van der Waals surface area contributed by atoms with E-state index in [0.29, 0.717) is 0 Å². The fraction of sp³-hybridized carbons (Fsp3) is 0.750. The Hall–Kier alpha value is -0.220. The molecular formula is C4H6NO2S. The van der Waals surface area contributed by atoms with Gasteiger partial charge in [-0.3, -0.25) is 5.32 Å². The Bertz CT molecular complexity index is 82.1. The van der Waals surface area contributed by atoms with Gasteiger partial charge in [-0.15, -0.1) is 11.8 Å². The second kappa shape index (κ2) is 2.94. The van der Waals surface area contributed by atoms with Crippen LogP contribution in [-0.2, 0) is 9.53 Å². The first-order valence-corrected chi connectivity index (χ1v) is 3.36. The SMILES string of the molecule is O=[C]OC1NCCS1. The highest BCUT2D eigenvalue weighted by Crippen LogP contribution is 2.12. The molecule has 1 rings (SSSR count). The minimum absolute atomic E-state index is 0.146. The van der Waals surface area contributed by atoms with Crippen LogP contribution in [0.4, 0.5) is 0 Å². The lowest BCUT2D eigenvalue weighted by molar-refractivity contribution is 0.230. The molecule has 0 aromatic rings. The summed E-state index contributed by atoms with van der Waals surface area (Å²) in [6.07, 6.45) is 0. The summed E-state index contributed by atoms with van der Waals surface area (Å²) in [4.78, 5) is 9.56. The molecule has 45 valence electrons. The van der Waals surface area contributed by atoms with Crippen LogP contribution >= 0.6 is 11.8 Å². The van der Waals surface area contributed by atoms with Gasteiger partial charge in [-0.1, -0.05) is 0 Å². The molecule has 1 heterocycles. The summed E-state index contributed by atoms with van der Waals surface area (Å²) < 4.78 is 4.45. The molecule has 0 aromatic carbocycles. The highest BCUT2D eigenvalue weighted by Gasteiger charge is 2.14. The second-order valence-corrected chi connectivity index (χ2v) is 2.53. The van der Waals surface area contributed by atoms with E-state index in [1.807, 2.05) is 0 Å². The standard InChI is InChI=1S/C4H6NO2S/c6-3-7-4-5-1-2-8-4/h4-5H,1-2H2. The molecule has 8 heavy (non-hydrogen) atoms. The number of thioether (sulfide) groups is 1. The Morgan fingerprint density at radius 1 is 1.88 bits per heavy atom. The summed E-state index contributed by atoms with van der Waals surface area (Å²) in [5, 5.41) is 2.94. The van der Waals surface area contributed by atoms with Crippen molar-refractivity contribution in [3.63, 3.8) is 0 Å². The van der Waals surface area contributed by atoms with Crippen LogP contribution in [0.3, 0.4) is 0 Å². The summed E-state index contributed by atoms with van der Waals surface area (Å²) in [5.41, 5.74) is -0.146. The zero-order valence-corrected chi connectivity index (χ0v) is 5.03. The molecule has 0 saturated carbocycles. The lowest BCUT2D eigenvalue weighted by Crippen LogP contribution is -2.21. The Morgan fingerprint density at radius 3 is 3.25 bits per heavy atom. The smallest absolute Gasteiger partial charge is 0.419 e. The molecule has 0 aromatic heterocycles. The van der Waals surface area contributed by atoms with Crippen molar-refractivity contribution in [2.75, 3.05) is 12.3 Å². The Kier molecular flexibility index (Phi) is 2.17. The average Bonchev–Trinajstić information content (AvgIpc) is 2.19. The van der Waals surface area contributed by atoms with E-state index < -0.39 is 0 Å². The summed E-state index contributed by atoms with van der Waals surface area (Å²) in [7, 11) is 0. The molecule has 1 aliphatic rings. The van der Waals surface area contributed by atoms with E-state index in [-0.39, 0.29) is 5.56 Å². The number of ether oxygens (including phenoxy) is 1. The summed E-state index contributed by atoms with van der Waals surface area (Å²) in [6, 6.07) is 0. The third-order valence-corrected chi connectivity index (χ3v) is 1.84. The largest absolute Gasteiger partial charge is 0.429 e. The summed E-state index contributed by atoms with van der Waals surface area (Å²) >= 11 is 1.57. The molecule has 1 radical (unpaired) electrons. The number of carbonyl (C=O) groups excluding carboxylic acids is 1. The Balaban J connectivity index is 2.14. The van der Waals surface area contributed by atoms with Gasteiger partial charge in [-0.2, -0.15) is 0 Å². The van der Waals surface area contributed by atoms with E-state index in [1.54, 1.807) is 11.8 Å². The van der Waals surface area contributed by atoms with E-state index in [0.717, 1.165) is 12.3 Å². The maximum atomic E-state index is 9.56. The molecule has 4 heteroatoms. The van der Waals surface area contributed by atoms with E-state index in [1.165, 1.54) is 6.47 Å².